The summed E-state index contributed by atoms with van der Waals surface area (Å²) in [4.78, 5) is 25.7. The first kappa shape index (κ1) is 10.6. The molecule has 0 saturated carbocycles. The number of ketones is 1. The van der Waals surface area contributed by atoms with Crippen LogP contribution in [0.5, 0.6) is 0 Å². The lowest BCUT2D eigenvalue weighted by atomic mass is 10.1. The molecule has 84 valence electrons. The van der Waals surface area contributed by atoms with Gasteiger partial charge in [0, 0.05) is 12.6 Å². The number of carbonyl (C=O) groups is 1. The molecule has 0 aliphatic heterocycles. The molecule has 1 aromatic carbocycles. The monoisotopic (exact) mass is 219 g/mol. The maximum absolute atomic E-state index is 11.6. The topological polar surface area (TPSA) is 66.9 Å². The van der Waals surface area contributed by atoms with E-state index in [9.17, 15) is 9.59 Å². The molecule has 1 aromatic heterocycles. The van der Waals surface area contributed by atoms with Crippen molar-refractivity contribution in [2.75, 3.05) is 13.6 Å². The summed E-state index contributed by atoms with van der Waals surface area (Å²) in [5.74, 6) is 0.00843. The first-order valence-electron chi connectivity index (χ1n) is 5.00. The Balaban J connectivity index is 2.52. The van der Waals surface area contributed by atoms with Gasteiger partial charge in [-0.25, -0.2) is 4.79 Å². The molecular formula is C11H13N3O2. The van der Waals surface area contributed by atoms with Gasteiger partial charge in [-0.2, -0.15) is 0 Å². The quantitative estimate of drug-likeness (QED) is 0.728. The molecular weight excluding hydrogens is 206 g/mol. The van der Waals surface area contributed by atoms with E-state index in [0.717, 1.165) is 5.52 Å². The fourth-order valence-corrected chi connectivity index (χ4v) is 1.67. The van der Waals surface area contributed by atoms with Crippen molar-refractivity contribution in [2.24, 2.45) is 7.05 Å². The van der Waals surface area contributed by atoms with Crippen LogP contribution < -0.4 is 11.0 Å². The van der Waals surface area contributed by atoms with E-state index >= 15 is 0 Å². The van der Waals surface area contributed by atoms with Crippen LogP contribution in [-0.4, -0.2) is 28.9 Å². The molecule has 16 heavy (non-hydrogen) atoms. The number of hydrogen-bond acceptors (Lipinski definition) is 3. The molecule has 2 N–H and O–H groups in total. The lowest BCUT2D eigenvalue weighted by Gasteiger charge is -2.00. The van der Waals surface area contributed by atoms with E-state index in [4.69, 9.17) is 0 Å². The molecule has 2 rings (SSSR count). The first-order chi connectivity index (χ1) is 7.63. The number of H-pyrrole nitrogens is 1. The summed E-state index contributed by atoms with van der Waals surface area (Å²) in [5.41, 5.74) is 1.91. The Morgan fingerprint density at radius 2 is 2.25 bits per heavy atom. The molecule has 2 aromatic rings. The van der Waals surface area contributed by atoms with Gasteiger partial charge in [0.1, 0.15) is 0 Å². The number of likely N-dealkylation sites (N-methyl/N-ethyl adjacent to an activating group) is 1. The molecule has 0 spiro atoms. The van der Waals surface area contributed by atoms with Crippen LogP contribution in [0.3, 0.4) is 0 Å². The average Bonchev–Trinajstić information content (AvgIpc) is 2.55. The number of benzene rings is 1. The van der Waals surface area contributed by atoms with E-state index in [1.54, 1.807) is 32.3 Å². The Kier molecular flexibility index (Phi) is 2.62. The van der Waals surface area contributed by atoms with E-state index in [2.05, 4.69) is 10.3 Å². The summed E-state index contributed by atoms with van der Waals surface area (Å²) in [7, 11) is 3.41. The highest BCUT2D eigenvalue weighted by molar-refractivity contribution is 6.00. The van der Waals surface area contributed by atoms with Gasteiger partial charge >= 0.3 is 5.69 Å². The molecule has 0 aliphatic rings. The molecule has 0 unspecified atom stereocenters. The van der Waals surface area contributed by atoms with Crippen molar-refractivity contribution in [1.82, 2.24) is 14.9 Å². The second-order valence-corrected chi connectivity index (χ2v) is 3.67. The lowest BCUT2D eigenvalue weighted by molar-refractivity contribution is 0.0993. The highest BCUT2D eigenvalue weighted by Crippen LogP contribution is 2.12. The van der Waals surface area contributed by atoms with Crippen LogP contribution in [0.15, 0.2) is 23.0 Å². The molecule has 0 atom stereocenters. The number of imidazole rings is 1. The van der Waals surface area contributed by atoms with E-state index in [-0.39, 0.29) is 11.5 Å². The highest BCUT2D eigenvalue weighted by atomic mass is 16.1. The van der Waals surface area contributed by atoms with E-state index in [0.29, 0.717) is 17.6 Å². The lowest BCUT2D eigenvalue weighted by Crippen LogP contribution is -2.18. The van der Waals surface area contributed by atoms with Gasteiger partial charge in [-0.3, -0.25) is 9.36 Å². The zero-order valence-corrected chi connectivity index (χ0v) is 9.20. The van der Waals surface area contributed by atoms with Crippen LogP contribution >= 0.6 is 0 Å². The minimum Gasteiger partial charge on any atom is -0.313 e. The van der Waals surface area contributed by atoms with Gasteiger partial charge < -0.3 is 10.3 Å². The molecule has 5 heteroatoms. The minimum atomic E-state index is -0.173. The van der Waals surface area contributed by atoms with E-state index < -0.39 is 0 Å². The normalized spacial score (nSPS) is 10.9. The number of fused-ring (bicyclic) bond motifs is 1. The van der Waals surface area contributed by atoms with Crippen LogP contribution in [0.4, 0.5) is 0 Å². The smallest absolute Gasteiger partial charge is 0.313 e. The van der Waals surface area contributed by atoms with E-state index in [1.807, 2.05) is 0 Å². The standard InChI is InChI=1S/C11H13N3O2/c1-12-6-10(15)7-3-4-9-8(5-7)13-11(16)14(9)2/h3-5,12H,6H2,1-2H3,(H,13,16). The van der Waals surface area contributed by atoms with Crippen LogP contribution in [0, 0.1) is 0 Å². The van der Waals surface area contributed by atoms with Crippen LogP contribution in [-0.2, 0) is 7.05 Å². The Labute approximate surface area is 92.1 Å². The molecule has 0 aliphatic carbocycles. The van der Waals surface area contributed by atoms with Crippen molar-refractivity contribution in [3.8, 4) is 0 Å². The Morgan fingerprint density at radius 3 is 2.94 bits per heavy atom. The molecule has 0 saturated heterocycles. The van der Waals surface area contributed by atoms with Crippen molar-refractivity contribution in [3.05, 3.63) is 34.2 Å². The summed E-state index contributed by atoms with van der Waals surface area (Å²) in [5, 5.41) is 2.80. The maximum Gasteiger partial charge on any atom is 0.326 e. The Hall–Kier alpha value is -1.88. The zero-order valence-electron chi connectivity index (χ0n) is 9.20. The third-order valence-electron chi connectivity index (χ3n) is 2.56. The molecule has 1 heterocycles. The van der Waals surface area contributed by atoms with Gasteiger partial charge in [-0.1, -0.05) is 0 Å². The second-order valence-electron chi connectivity index (χ2n) is 3.67. The number of hydrogen-bond donors (Lipinski definition) is 2. The first-order valence-corrected chi connectivity index (χ1v) is 5.00. The predicted octanol–water partition coefficient (Wildman–Crippen LogP) is 0.269. The summed E-state index contributed by atoms with van der Waals surface area (Å²) >= 11 is 0. The molecule has 0 amide bonds. The van der Waals surface area contributed by atoms with Crippen LogP contribution in [0.1, 0.15) is 10.4 Å². The number of Topliss-reactive ketones (excluding diaryl/α,β-unsaturated/α-hetero) is 1. The van der Waals surface area contributed by atoms with Crippen LogP contribution in [0.2, 0.25) is 0 Å². The number of rotatable bonds is 3. The summed E-state index contributed by atoms with van der Waals surface area (Å²) < 4.78 is 1.52. The summed E-state index contributed by atoms with van der Waals surface area (Å²) in [6.45, 7) is 0.294. The van der Waals surface area contributed by atoms with Gasteiger partial charge in [0.15, 0.2) is 5.78 Å². The van der Waals surface area contributed by atoms with Crippen molar-refractivity contribution >= 4 is 16.8 Å². The van der Waals surface area contributed by atoms with Gasteiger partial charge in [-0.15, -0.1) is 0 Å². The maximum atomic E-state index is 11.6. The third kappa shape index (κ3) is 1.65. The Bertz CT molecular complexity index is 595. The van der Waals surface area contributed by atoms with Gasteiger partial charge in [0.05, 0.1) is 17.6 Å². The largest absolute Gasteiger partial charge is 0.326 e. The number of aromatic amines is 1. The molecule has 0 bridgehead atoms. The predicted molar refractivity (Wildman–Crippen MR) is 61.8 cm³/mol. The zero-order chi connectivity index (χ0) is 11.7. The van der Waals surface area contributed by atoms with E-state index in [1.165, 1.54) is 4.57 Å². The number of carbonyl (C=O) groups excluding carboxylic acids is 1. The fourth-order valence-electron chi connectivity index (χ4n) is 1.67. The third-order valence-corrected chi connectivity index (χ3v) is 2.56. The SMILES string of the molecule is CNCC(=O)c1ccc2c(c1)[nH]c(=O)n2C. The summed E-state index contributed by atoms with van der Waals surface area (Å²) in [6.07, 6.45) is 0. The molecule has 0 fully saturated rings. The highest BCUT2D eigenvalue weighted by Gasteiger charge is 2.08. The second kappa shape index (κ2) is 3.94. The number of nitrogens with one attached hydrogen (secondary N) is 2. The van der Waals surface area contributed by atoms with Gasteiger partial charge in [0.2, 0.25) is 0 Å². The van der Waals surface area contributed by atoms with Crippen molar-refractivity contribution in [2.45, 2.75) is 0 Å². The summed E-state index contributed by atoms with van der Waals surface area (Å²) in [6, 6.07) is 5.21. The van der Waals surface area contributed by atoms with Crippen molar-refractivity contribution in [1.29, 1.82) is 0 Å². The van der Waals surface area contributed by atoms with Crippen LogP contribution in [0.25, 0.3) is 11.0 Å². The van der Waals surface area contributed by atoms with Crippen molar-refractivity contribution in [3.63, 3.8) is 0 Å². The van der Waals surface area contributed by atoms with Crippen molar-refractivity contribution < 1.29 is 4.79 Å². The number of nitrogens with zero attached hydrogens (tertiary/aromatic N) is 1. The average molecular weight is 219 g/mol. The molecule has 0 radical (unpaired) electrons. The van der Waals surface area contributed by atoms with Gasteiger partial charge in [-0.05, 0) is 25.2 Å². The molecule has 5 nitrogen and oxygen atoms in total. The van der Waals surface area contributed by atoms with Gasteiger partial charge in [0.25, 0.3) is 0 Å². The minimum absolute atomic E-state index is 0.00843. The Morgan fingerprint density at radius 1 is 1.50 bits per heavy atom. The number of aryl methyl sites for hydroxylation is 1. The number of aromatic nitrogens is 2. The fraction of sp³-hybridized carbons (Fsp3) is 0.273.